The zero-order chi connectivity index (χ0) is 16.8. The fourth-order valence-corrected chi connectivity index (χ4v) is 2.63. The van der Waals surface area contributed by atoms with Crippen LogP contribution in [0.25, 0.3) is 0 Å². The van der Waals surface area contributed by atoms with Gasteiger partial charge in [0, 0.05) is 13.1 Å². The van der Waals surface area contributed by atoms with Crippen molar-refractivity contribution in [1.82, 2.24) is 5.32 Å². The van der Waals surface area contributed by atoms with Crippen LogP contribution in [0.4, 0.5) is 0 Å². The van der Waals surface area contributed by atoms with Crippen LogP contribution in [-0.4, -0.2) is 5.11 Å². The Morgan fingerprint density at radius 2 is 1.22 bits per heavy atom. The molecule has 0 atom stereocenters. The molecule has 0 aliphatic heterocycles. The van der Waals surface area contributed by atoms with Crippen LogP contribution in [0.2, 0.25) is 0 Å². The monoisotopic (exact) mass is 311 g/mol. The highest BCUT2D eigenvalue weighted by atomic mass is 16.3. The van der Waals surface area contributed by atoms with Crippen LogP contribution in [0.5, 0.6) is 0 Å². The molecule has 2 N–H and O–H groups in total. The Labute approximate surface area is 140 Å². The maximum Gasteiger partial charge on any atom is 0.0681 e. The van der Waals surface area contributed by atoms with Crippen LogP contribution in [0.15, 0.2) is 42.5 Å². The Morgan fingerprint density at radius 1 is 0.739 bits per heavy atom. The van der Waals surface area contributed by atoms with E-state index in [4.69, 9.17) is 5.11 Å². The molecule has 0 unspecified atom stereocenters. The predicted octanol–water partition coefficient (Wildman–Crippen LogP) is 4.72. The molecule has 2 rings (SSSR count). The summed E-state index contributed by atoms with van der Waals surface area (Å²) in [7, 11) is 0. The summed E-state index contributed by atoms with van der Waals surface area (Å²) in [6.07, 6.45) is 0. The van der Waals surface area contributed by atoms with Crippen molar-refractivity contribution in [3.8, 4) is 0 Å². The van der Waals surface area contributed by atoms with Crippen molar-refractivity contribution in [1.29, 1.82) is 0 Å². The lowest BCUT2D eigenvalue weighted by molar-refractivity contribution is 0.282. The second kappa shape index (κ2) is 8.28. The van der Waals surface area contributed by atoms with Gasteiger partial charge in [-0.25, -0.2) is 0 Å². The molecule has 2 heteroatoms. The highest BCUT2D eigenvalue weighted by Gasteiger charge is 2.07. The van der Waals surface area contributed by atoms with E-state index >= 15 is 0 Å². The number of hydrogen-bond donors (Lipinski definition) is 2. The zero-order valence-corrected chi connectivity index (χ0v) is 14.8. The number of benzene rings is 2. The van der Waals surface area contributed by atoms with E-state index in [1.165, 1.54) is 22.3 Å². The summed E-state index contributed by atoms with van der Waals surface area (Å²) in [5.41, 5.74) is 6.39. The molecule has 2 aromatic carbocycles. The van der Waals surface area contributed by atoms with Gasteiger partial charge in [-0.05, 0) is 39.7 Å². The van der Waals surface area contributed by atoms with Gasteiger partial charge in [-0.3, -0.25) is 0 Å². The zero-order valence-electron chi connectivity index (χ0n) is 14.8. The van der Waals surface area contributed by atoms with Crippen molar-refractivity contribution in [3.05, 3.63) is 70.3 Å². The number of hydrogen-bond acceptors (Lipinski definition) is 2. The largest absolute Gasteiger partial charge is 0.392 e. The number of nitrogens with one attached hydrogen (secondary N) is 1. The molecule has 124 valence electrons. The molecule has 0 aromatic heterocycles. The molecule has 0 saturated heterocycles. The third-order valence-electron chi connectivity index (χ3n) is 4.23. The van der Waals surface area contributed by atoms with Crippen molar-refractivity contribution in [2.75, 3.05) is 0 Å². The van der Waals surface area contributed by atoms with Crippen LogP contribution in [-0.2, 0) is 19.7 Å². The number of aliphatic hydroxyl groups excluding tert-OH is 1. The second-order valence-corrected chi connectivity index (χ2v) is 6.90. The van der Waals surface area contributed by atoms with Crippen molar-refractivity contribution in [2.45, 2.75) is 59.2 Å². The average Bonchev–Trinajstić information content (AvgIpc) is 2.55. The molecule has 0 fully saturated rings. The van der Waals surface area contributed by atoms with Gasteiger partial charge in [0.15, 0.2) is 0 Å². The lowest BCUT2D eigenvalue weighted by Crippen LogP contribution is -2.13. The van der Waals surface area contributed by atoms with Gasteiger partial charge in [0.25, 0.3) is 0 Å². The SMILES string of the molecule is CC(C)c1cc(CNCc2ccc(CO)cc2)cc(C(C)C)c1. The van der Waals surface area contributed by atoms with E-state index in [0.717, 1.165) is 18.7 Å². The van der Waals surface area contributed by atoms with Crippen LogP contribution in [0, 0.1) is 0 Å². The first-order valence-corrected chi connectivity index (χ1v) is 8.52. The first kappa shape index (κ1) is 17.7. The van der Waals surface area contributed by atoms with Crippen molar-refractivity contribution >= 4 is 0 Å². The smallest absolute Gasteiger partial charge is 0.0681 e. The molecule has 0 amide bonds. The quantitative estimate of drug-likeness (QED) is 0.776. The Morgan fingerprint density at radius 3 is 1.70 bits per heavy atom. The normalized spacial score (nSPS) is 11.4. The van der Waals surface area contributed by atoms with Gasteiger partial charge in [-0.15, -0.1) is 0 Å². The summed E-state index contributed by atoms with van der Waals surface area (Å²) in [4.78, 5) is 0. The van der Waals surface area contributed by atoms with Gasteiger partial charge >= 0.3 is 0 Å². The highest BCUT2D eigenvalue weighted by Crippen LogP contribution is 2.23. The van der Waals surface area contributed by atoms with E-state index in [1.807, 2.05) is 12.1 Å². The topological polar surface area (TPSA) is 32.3 Å². The summed E-state index contributed by atoms with van der Waals surface area (Å²) in [5, 5.41) is 12.6. The molecule has 2 aromatic rings. The fourth-order valence-electron chi connectivity index (χ4n) is 2.63. The molecule has 0 aliphatic rings. The first-order valence-electron chi connectivity index (χ1n) is 8.52. The Kier molecular flexibility index (Phi) is 6.37. The van der Waals surface area contributed by atoms with Crippen LogP contribution in [0.1, 0.15) is 67.3 Å². The third-order valence-corrected chi connectivity index (χ3v) is 4.23. The molecule has 0 radical (unpaired) electrons. The van der Waals surface area contributed by atoms with Crippen molar-refractivity contribution in [2.24, 2.45) is 0 Å². The third kappa shape index (κ3) is 5.19. The molecular formula is C21H29NO. The molecule has 0 spiro atoms. The number of rotatable bonds is 7. The van der Waals surface area contributed by atoms with Gasteiger partial charge in [0.05, 0.1) is 6.61 Å². The number of aliphatic hydroxyl groups is 1. The Balaban J connectivity index is 2.01. The van der Waals surface area contributed by atoms with E-state index in [0.29, 0.717) is 11.8 Å². The van der Waals surface area contributed by atoms with Gasteiger partial charge in [0.1, 0.15) is 0 Å². The van der Waals surface area contributed by atoms with E-state index in [9.17, 15) is 0 Å². The predicted molar refractivity (Wildman–Crippen MR) is 97.5 cm³/mol. The standard InChI is InChI=1S/C21H29NO/c1-15(2)20-9-19(10-21(11-20)16(3)4)13-22-12-17-5-7-18(14-23)8-6-17/h5-11,15-16,22-23H,12-14H2,1-4H3. The fraction of sp³-hybridized carbons (Fsp3) is 0.429. The highest BCUT2D eigenvalue weighted by molar-refractivity contribution is 5.33. The minimum atomic E-state index is 0.105. The van der Waals surface area contributed by atoms with E-state index in [2.05, 4.69) is 63.3 Å². The van der Waals surface area contributed by atoms with Crippen molar-refractivity contribution in [3.63, 3.8) is 0 Å². The molecule has 0 bridgehead atoms. The maximum absolute atomic E-state index is 9.08. The van der Waals surface area contributed by atoms with E-state index in [1.54, 1.807) is 0 Å². The van der Waals surface area contributed by atoms with Gasteiger partial charge in [0.2, 0.25) is 0 Å². The summed E-state index contributed by atoms with van der Waals surface area (Å²) in [5.74, 6) is 1.11. The summed E-state index contributed by atoms with van der Waals surface area (Å²) in [6.45, 7) is 10.8. The van der Waals surface area contributed by atoms with Crippen LogP contribution in [0.3, 0.4) is 0 Å². The maximum atomic E-state index is 9.08. The van der Waals surface area contributed by atoms with Gasteiger partial charge in [-0.1, -0.05) is 70.2 Å². The minimum absolute atomic E-state index is 0.105. The van der Waals surface area contributed by atoms with Gasteiger partial charge in [-0.2, -0.15) is 0 Å². The van der Waals surface area contributed by atoms with Gasteiger partial charge < -0.3 is 10.4 Å². The van der Waals surface area contributed by atoms with E-state index in [-0.39, 0.29) is 6.61 Å². The Hall–Kier alpha value is -1.64. The summed E-state index contributed by atoms with van der Waals surface area (Å²) < 4.78 is 0. The molecule has 0 aliphatic carbocycles. The van der Waals surface area contributed by atoms with Crippen LogP contribution < -0.4 is 5.32 Å². The van der Waals surface area contributed by atoms with E-state index < -0.39 is 0 Å². The molecular weight excluding hydrogens is 282 g/mol. The lowest BCUT2D eigenvalue weighted by atomic mass is 9.93. The summed E-state index contributed by atoms with van der Waals surface area (Å²) >= 11 is 0. The Bertz CT molecular complexity index is 588. The molecule has 0 saturated carbocycles. The average molecular weight is 311 g/mol. The lowest BCUT2D eigenvalue weighted by Gasteiger charge is -2.15. The second-order valence-electron chi connectivity index (χ2n) is 6.90. The summed E-state index contributed by atoms with van der Waals surface area (Å²) in [6, 6.07) is 15.1. The molecule has 23 heavy (non-hydrogen) atoms. The van der Waals surface area contributed by atoms with Crippen LogP contribution >= 0.6 is 0 Å². The first-order chi connectivity index (χ1) is 11.0. The minimum Gasteiger partial charge on any atom is -0.392 e. The molecule has 2 nitrogen and oxygen atoms in total. The van der Waals surface area contributed by atoms with Crippen molar-refractivity contribution < 1.29 is 5.11 Å². The molecule has 0 heterocycles.